The molecule has 1 aromatic rings. The van der Waals surface area contributed by atoms with Crippen LogP contribution in [0.25, 0.3) is 6.08 Å². The highest BCUT2D eigenvalue weighted by molar-refractivity contribution is 9.10. The molecule has 1 fully saturated rings. The number of carbonyl (C=O) groups excluding carboxylic acids is 1. The normalized spacial score (nSPS) is 17.1. The molecule has 0 spiro atoms. The third-order valence-corrected chi connectivity index (χ3v) is 4.45. The monoisotopic (exact) mass is 373 g/mol. The Labute approximate surface area is 132 Å². The molecule has 5 nitrogen and oxygen atoms in total. The minimum Gasteiger partial charge on any atom is -0.507 e. The van der Waals surface area contributed by atoms with Crippen molar-refractivity contribution in [3.63, 3.8) is 0 Å². The Balaban J connectivity index is 2.27. The second-order valence-electron chi connectivity index (χ2n) is 3.87. The van der Waals surface area contributed by atoms with E-state index >= 15 is 0 Å². The van der Waals surface area contributed by atoms with Crippen LogP contribution < -0.4 is 0 Å². The number of rotatable bonds is 3. The lowest BCUT2D eigenvalue weighted by atomic mass is 10.2. The van der Waals surface area contributed by atoms with Gasteiger partial charge in [-0.05, 0) is 39.7 Å². The van der Waals surface area contributed by atoms with E-state index in [0.29, 0.717) is 14.9 Å². The summed E-state index contributed by atoms with van der Waals surface area (Å²) in [5.74, 6) is -1.44. The van der Waals surface area contributed by atoms with E-state index in [1.54, 1.807) is 18.2 Å². The highest BCUT2D eigenvalue weighted by atomic mass is 79.9. The number of thioether (sulfide) groups is 1. The van der Waals surface area contributed by atoms with Crippen LogP contribution in [0.15, 0.2) is 27.6 Å². The Kier molecular flexibility index (Phi) is 4.46. The first-order valence-corrected chi connectivity index (χ1v) is 7.36. The van der Waals surface area contributed by atoms with Gasteiger partial charge in [0.05, 0.1) is 9.38 Å². The predicted molar refractivity (Wildman–Crippen MR) is 83.3 cm³/mol. The number of nitrogens with zero attached hydrogens (tertiary/aromatic N) is 1. The third kappa shape index (κ3) is 3.20. The Morgan fingerprint density at radius 3 is 2.80 bits per heavy atom. The van der Waals surface area contributed by atoms with Crippen LogP contribution in [0.4, 0.5) is 0 Å². The van der Waals surface area contributed by atoms with Gasteiger partial charge in [-0.25, -0.2) is 0 Å². The van der Waals surface area contributed by atoms with Gasteiger partial charge in [0.25, 0.3) is 5.91 Å². The smallest absolute Gasteiger partial charge is 0.323 e. The van der Waals surface area contributed by atoms with Crippen LogP contribution in [0.3, 0.4) is 0 Å². The number of aromatic hydroxyl groups is 1. The molecule has 0 saturated carbocycles. The SMILES string of the molecule is O=C(O)CN1C(=O)/C(=C\c2ccc(O)c(Br)c2)SC1=S. The van der Waals surface area contributed by atoms with E-state index in [1.807, 2.05) is 0 Å². The number of carbonyl (C=O) groups is 2. The van der Waals surface area contributed by atoms with Gasteiger partial charge >= 0.3 is 5.97 Å². The summed E-state index contributed by atoms with van der Waals surface area (Å²) < 4.78 is 0.730. The molecule has 1 aromatic carbocycles. The molecule has 20 heavy (non-hydrogen) atoms. The Bertz CT molecular complexity index is 644. The molecule has 0 aromatic heterocycles. The minimum atomic E-state index is -1.12. The molecule has 1 aliphatic heterocycles. The molecule has 1 heterocycles. The fourth-order valence-corrected chi connectivity index (χ4v) is 3.19. The van der Waals surface area contributed by atoms with Gasteiger partial charge in [0.2, 0.25) is 0 Å². The fourth-order valence-electron chi connectivity index (χ4n) is 1.54. The maximum atomic E-state index is 12.0. The zero-order valence-corrected chi connectivity index (χ0v) is 13.1. The molecule has 0 radical (unpaired) electrons. The predicted octanol–water partition coefficient (Wildman–Crippen LogP) is 2.44. The Morgan fingerprint density at radius 1 is 1.50 bits per heavy atom. The molecule has 1 saturated heterocycles. The van der Waals surface area contributed by atoms with Gasteiger partial charge in [-0.15, -0.1) is 0 Å². The van der Waals surface area contributed by atoms with Crippen molar-refractivity contribution in [2.45, 2.75) is 0 Å². The maximum Gasteiger partial charge on any atom is 0.323 e. The van der Waals surface area contributed by atoms with Gasteiger partial charge in [0.1, 0.15) is 16.6 Å². The van der Waals surface area contributed by atoms with Crippen LogP contribution in [0, 0.1) is 0 Å². The highest BCUT2D eigenvalue weighted by Crippen LogP contribution is 2.33. The number of halogens is 1. The summed E-state index contributed by atoms with van der Waals surface area (Å²) in [6, 6.07) is 4.79. The number of aliphatic carboxylic acids is 1. The van der Waals surface area contributed by atoms with Gasteiger partial charge < -0.3 is 10.2 Å². The average molecular weight is 374 g/mol. The quantitative estimate of drug-likeness (QED) is 0.625. The van der Waals surface area contributed by atoms with Crippen molar-refractivity contribution in [3.8, 4) is 5.75 Å². The van der Waals surface area contributed by atoms with Crippen LogP contribution in [-0.4, -0.2) is 37.9 Å². The topological polar surface area (TPSA) is 77.8 Å². The molecule has 1 amide bonds. The van der Waals surface area contributed by atoms with Gasteiger partial charge in [-0.3, -0.25) is 14.5 Å². The molecular weight excluding hydrogens is 366 g/mol. The van der Waals surface area contributed by atoms with E-state index in [9.17, 15) is 14.7 Å². The molecule has 2 N–H and O–H groups in total. The first-order chi connectivity index (χ1) is 9.38. The second-order valence-corrected chi connectivity index (χ2v) is 6.40. The Morgan fingerprint density at radius 2 is 2.20 bits per heavy atom. The zero-order chi connectivity index (χ0) is 14.9. The molecule has 1 aliphatic rings. The summed E-state index contributed by atoms with van der Waals surface area (Å²) in [5.41, 5.74) is 0.700. The molecule has 2 rings (SSSR count). The third-order valence-electron chi connectivity index (χ3n) is 2.44. The van der Waals surface area contributed by atoms with Crippen molar-refractivity contribution in [1.29, 1.82) is 0 Å². The van der Waals surface area contributed by atoms with Crippen molar-refractivity contribution in [3.05, 3.63) is 33.1 Å². The number of hydrogen-bond acceptors (Lipinski definition) is 5. The first kappa shape index (κ1) is 15.0. The number of amides is 1. The average Bonchev–Trinajstić information content (AvgIpc) is 2.61. The van der Waals surface area contributed by atoms with E-state index in [4.69, 9.17) is 17.3 Å². The number of benzene rings is 1. The number of hydrogen-bond donors (Lipinski definition) is 2. The van der Waals surface area contributed by atoms with Gasteiger partial charge in [-0.1, -0.05) is 30.0 Å². The Hall–Kier alpha value is -1.38. The summed E-state index contributed by atoms with van der Waals surface area (Å²) in [6.45, 7) is -0.443. The summed E-state index contributed by atoms with van der Waals surface area (Å²) in [5, 5.41) is 18.1. The van der Waals surface area contributed by atoms with Crippen molar-refractivity contribution < 1.29 is 19.8 Å². The van der Waals surface area contributed by atoms with E-state index < -0.39 is 18.4 Å². The number of carboxylic acid groups (broad SMARTS) is 1. The first-order valence-electron chi connectivity index (χ1n) is 5.34. The summed E-state index contributed by atoms with van der Waals surface area (Å²) >= 11 is 9.23. The van der Waals surface area contributed by atoms with Crippen molar-refractivity contribution in [2.24, 2.45) is 0 Å². The lowest BCUT2D eigenvalue weighted by Crippen LogP contribution is -2.33. The molecule has 8 heteroatoms. The molecular formula is C12H8BrNO4S2. The lowest BCUT2D eigenvalue weighted by Gasteiger charge is -2.10. The van der Waals surface area contributed by atoms with Crippen LogP contribution >= 0.6 is 39.9 Å². The number of phenols is 1. The molecule has 0 bridgehead atoms. The van der Waals surface area contributed by atoms with Crippen LogP contribution in [0.2, 0.25) is 0 Å². The van der Waals surface area contributed by atoms with E-state index in [1.165, 1.54) is 6.07 Å². The summed E-state index contributed by atoms with van der Waals surface area (Å²) in [6.07, 6.45) is 1.60. The van der Waals surface area contributed by atoms with E-state index in [-0.39, 0.29) is 10.1 Å². The largest absolute Gasteiger partial charge is 0.507 e. The molecule has 0 unspecified atom stereocenters. The van der Waals surface area contributed by atoms with Crippen molar-refractivity contribution in [2.75, 3.05) is 6.54 Å². The van der Waals surface area contributed by atoms with Crippen LogP contribution in [-0.2, 0) is 9.59 Å². The molecule has 0 aliphatic carbocycles. The zero-order valence-electron chi connectivity index (χ0n) is 9.87. The van der Waals surface area contributed by atoms with E-state index in [2.05, 4.69) is 15.9 Å². The maximum absolute atomic E-state index is 12.0. The van der Waals surface area contributed by atoms with Crippen LogP contribution in [0.1, 0.15) is 5.56 Å². The van der Waals surface area contributed by atoms with E-state index in [0.717, 1.165) is 16.7 Å². The number of phenolic OH excluding ortho intramolecular Hbond substituents is 1. The second kappa shape index (κ2) is 5.94. The van der Waals surface area contributed by atoms with Crippen molar-refractivity contribution in [1.82, 2.24) is 4.90 Å². The summed E-state index contributed by atoms with van der Waals surface area (Å²) in [7, 11) is 0. The number of thiocarbonyl (C=S) groups is 1. The summed E-state index contributed by atoms with van der Waals surface area (Å²) in [4.78, 5) is 24.1. The van der Waals surface area contributed by atoms with Crippen LogP contribution in [0.5, 0.6) is 5.75 Å². The number of carboxylic acids is 1. The lowest BCUT2D eigenvalue weighted by molar-refractivity contribution is -0.140. The minimum absolute atomic E-state index is 0.0978. The molecule has 104 valence electrons. The van der Waals surface area contributed by atoms with Crippen molar-refractivity contribution >= 4 is 62.2 Å². The standard InChI is InChI=1S/C12H8BrNO4S2/c13-7-3-6(1-2-8(7)15)4-9-11(18)14(5-10(16)17)12(19)20-9/h1-4,15H,5H2,(H,16,17)/b9-4+. The van der Waals surface area contributed by atoms with Gasteiger partial charge in [-0.2, -0.15) is 0 Å². The van der Waals surface area contributed by atoms with Gasteiger partial charge in [0, 0.05) is 0 Å². The molecule has 0 atom stereocenters. The highest BCUT2D eigenvalue weighted by Gasteiger charge is 2.33. The fraction of sp³-hybridized carbons (Fsp3) is 0.0833. The van der Waals surface area contributed by atoms with Gasteiger partial charge in [0.15, 0.2) is 0 Å².